The molecule has 0 aromatic heterocycles. The highest BCUT2D eigenvalue weighted by Crippen LogP contribution is 2.32. The van der Waals surface area contributed by atoms with Crippen LogP contribution in [0.4, 0.5) is 5.69 Å². The first-order valence-corrected chi connectivity index (χ1v) is 9.63. The third kappa shape index (κ3) is 4.44. The minimum Gasteiger partial charge on any atom is -0.495 e. The fourth-order valence-corrected chi connectivity index (χ4v) is 4.28. The van der Waals surface area contributed by atoms with E-state index in [0.717, 1.165) is 0 Å². The average molecular weight is 385 g/mol. The van der Waals surface area contributed by atoms with E-state index < -0.39 is 26.9 Å². The van der Waals surface area contributed by atoms with Gasteiger partial charge in [0.15, 0.2) is 0 Å². The number of hydrogen-bond acceptors (Lipinski definition) is 5. The molecule has 0 saturated carbocycles. The summed E-state index contributed by atoms with van der Waals surface area (Å²) in [5.41, 5.74) is 6.00. The van der Waals surface area contributed by atoms with E-state index in [9.17, 15) is 12.6 Å². The van der Waals surface area contributed by atoms with Crippen LogP contribution in [0, 0.1) is 0 Å². The lowest BCUT2D eigenvalue weighted by Crippen LogP contribution is -2.36. The number of nitrogens with one attached hydrogen (secondary N) is 1. The van der Waals surface area contributed by atoms with Crippen molar-refractivity contribution in [2.24, 2.45) is 0 Å². The Hall–Kier alpha value is -0.640. The Balaban J connectivity index is 3.15. The van der Waals surface area contributed by atoms with Crippen LogP contribution in [0.1, 0.15) is 6.92 Å². The van der Waals surface area contributed by atoms with Crippen LogP contribution < -0.4 is 15.2 Å². The molecule has 0 aliphatic rings. The zero-order chi connectivity index (χ0) is 15.5. The molecule has 0 radical (unpaired) electrons. The van der Waals surface area contributed by atoms with E-state index in [2.05, 4.69) is 20.7 Å². The summed E-state index contributed by atoms with van der Waals surface area (Å²) >= 11 is 3.21. The summed E-state index contributed by atoms with van der Waals surface area (Å²) in [5, 5.41) is 0. The number of hydrogen-bond donors (Lipinski definition) is 2. The van der Waals surface area contributed by atoms with E-state index in [0.29, 0.717) is 4.47 Å². The number of sulfonamides is 1. The van der Waals surface area contributed by atoms with Crippen molar-refractivity contribution in [2.75, 3.05) is 24.9 Å². The predicted octanol–water partition coefficient (Wildman–Crippen LogP) is 1.09. The van der Waals surface area contributed by atoms with E-state index in [4.69, 9.17) is 10.5 Å². The highest BCUT2D eigenvalue weighted by Gasteiger charge is 2.23. The maximum Gasteiger partial charge on any atom is 0.244 e. The summed E-state index contributed by atoms with van der Waals surface area (Å²) in [5.74, 6) is 0.413. The van der Waals surface area contributed by atoms with Crippen molar-refractivity contribution in [3.63, 3.8) is 0 Å². The lowest BCUT2D eigenvalue weighted by atomic mass is 10.3. The lowest BCUT2D eigenvalue weighted by Gasteiger charge is -2.16. The van der Waals surface area contributed by atoms with Crippen LogP contribution in [0.5, 0.6) is 5.75 Å². The van der Waals surface area contributed by atoms with Gasteiger partial charge in [-0.3, -0.25) is 4.21 Å². The number of ether oxygens (including phenoxy) is 1. The second kappa shape index (κ2) is 6.88. The van der Waals surface area contributed by atoms with Crippen LogP contribution in [0.3, 0.4) is 0 Å². The summed E-state index contributed by atoms with van der Waals surface area (Å²) in [6.07, 6.45) is 1.52. The van der Waals surface area contributed by atoms with Gasteiger partial charge in [0.2, 0.25) is 10.0 Å². The van der Waals surface area contributed by atoms with Gasteiger partial charge in [0.25, 0.3) is 0 Å². The number of halogens is 1. The molecule has 1 rings (SSSR count). The molecule has 0 spiro atoms. The van der Waals surface area contributed by atoms with Crippen LogP contribution in [0.2, 0.25) is 0 Å². The van der Waals surface area contributed by atoms with Crippen LogP contribution in [-0.4, -0.2) is 37.8 Å². The molecule has 0 heterocycles. The molecule has 6 nitrogen and oxygen atoms in total. The van der Waals surface area contributed by atoms with Crippen LogP contribution in [0.15, 0.2) is 21.5 Å². The van der Waals surface area contributed by atoms with Crippen molar-refractivity contribution in [3.05, 3.63) is 16.6 Å². The maximum atomic E-state index is 12.3. The van der Waals surface area contributed by atoms with Crippen molar-refractivity contribution in [1.29, 1.82) is 0 Å². The molecule has 3 N–H and O–H groups in total. The van der Waals surface area contributed by atoms with Crippen molar-refractivity contribution in [2.45, 2.75) is 17.9 Å². The first kappa shape index (κ1) is 17.4. The molecule has 1 aromatic carbocycles. The van der Waals surface area contributed by atoms with Crippen LogP contribution in [0.25, 0.3) is 0 Å². The van der Waals surface area contributed by atoms with E-state index in [1.165, 1.54) is 25.5 Å². The first-order chi connectivity index (χ1) is 9.17. The molecule has 9 heteroatoms. The second-order valence-electron chi connectivity index (χ2n) is 4.29. The van der Waals surface area contributed by atoms with Gasteiger partial charge in [0.05, 0.1) is 7.11 Å². The number of nitrogens with two attached hydrogens (primary N) is 1. The molecular weight excluding hydrogens is 368 g/mol. The van der Waals surface area contributed by atoms with Crippen molar-refractivity contribution >= 4 is 42.4 Å². The second-order valence-corrected chi connectivity index (χ2v) is 8.30. The molecule has 1 aromatic rings. The van der Waals surface area contributed by atoms with Crippen LogP contribution in [-0.2, 0) is 20.8 Å². The number of rotatable bonds is 6. The SMILES string of the molecule is COc1cc(Br)c(N)cc1S(=O)(=O)NC(C)CS(C)=O. The first-order valence-electron chi connectivity index (χ1n) is 5.62. The zero-order valence-electron chi connectivity index (χ0n) is 11.3. The van der Waals surface area contributed by atoms with Crippen LogP contribution >= 0.6 is 15.9 Å². The molecule has 0 bridgehead atoms. The molecule has 20 heavy (non-hydrogen) atoms. The molecule has 0 amide bonds. The normalized spacial score (nSPS) is 14.8. The predicted molar refractivity (Wildman–Crippen MR) is 83.8 cm³/mol. The standard InChI is InChI=1S/C11H17BrN2O4S2/c1-7(6-19(3)15)14-20(16,17)11-5-9(13)8(12)4-10(11)18-2/h4-5,7,14H,6,13H2,1-3H3. The Morgan fingerprint density at radius 1 is 1.50 bits per heavy atom. The van der Waals surface area contributed by atoms with Crippen molar-refractivity contribution in [1.82, 2.24) is 4.72 Å². The van der Waals surface area contributed by atoms with Gasteiger partial charge in [-0.1, -0.05) is 0 Å². The summed E-state index contributed by atoms with van der Waals surface area (Å²) < 4.78 is 43.8. The lowest BCUT2D eigenvalue weighted by molar-refractivity contribution is 0.402. The van der Waals surface area contributed by atoms with Gasteiger partial charge in [0.1, 0.15) is 10.6 Å². The van der Waals surface area contributed by atoms with Crippen molar-refractivity contribution < 1.29 is 17.4 Å². The fraction of sp³-hybridized carbons (Fsp3) is 0.455. The van der Waals surface area contributed by atoms with Crippen molar-refractivity contribution in [3.8, 4) is 5.75 Å². The van der Waals surface area contributed by atoms with E-state index >= 15 is 0 Å². The van der Waals surface area contributed by atoms with Gasteiger partial charge in [-0.2, -0.15) is 0 Å². The quantitative estimate of drug-likeness (QED) is 0.715. The number of anilines is 1. The van der Waals surface area contributed by atoms with E-state index in [1.807, 2.05) is 0 Å². The maximum absolute atomic E-state index is 12.3. The highest BCUT2D eigenvalue weighted by molar-refractivity contribution is 9.10. The third-order valence-corrected chi connectivity index (χ3v) is 5.68. The fourth-order valence-electron chi connectivity index (χ4n) is 1.63. The highest BCUT2D eigenvalue weighted by atomic mass is 79.9. The summed E-state index contributed by atoms with van der Waals surface area (Å²) in [6.45, 7) is 1.65. The Labute approximate surface area is 129 Å². The molecule has 2 atom stereocenters. The Bertz CT molecular complexity index is 619. The number of methoxy groups -OCH3 is 1. The van der Waals surface area contributed by atoms with Gasteiger partial charge in [0, 0.05) is 39.0 Å². The molecule has 114 valence electrons. The molecule has 0 aliphatic carbocycles. The van der Waals surface area contributed by atoms with Gasteiger partial charge in [-0.25, -0.2) is 13.1 Å². The molecule has 0 fully saturated rings. The minimum atomic E-state index is -3.80. The topological polar surface area (TPSA) is 98.5 Å². The smallest absolute Gasteiger partial charge is 0.244 e. The molecule has 0 aliphatic heterocycles. The zero-order valence-corrected chi connectivity index (χ0v) is 14.6. The van der Waals surface area contributed by atoms with Gasteiger partial charge >= 0.3 is 0 Å². The average Bonchev–Trinajstić information content (AvgIpc) is 2.29. The molecule has 2 unspecified atom stereocenters. The summed E-state index contributed by atoms with van der Waals surface area (Å²) in [7, 11) is -3.51. The minimum absolute atomic E-state index is 0.0468. The largest absolute Gasteiger partial charge is 0.495 e. The number of nitrogen functional groups attached to an aromatic ring is 1. The van der Waals surface area contributed by atoms with Gasteiger partial charge in [-0.15, -0.1) is 0 Å². The Morgan fingerprint density at radius 3 is 2.60 bits per heavy atom. The summed E-state index contributed by atoms with van der Waals surface area (Å²) in [4.78, 5) is -0.0468. The molecular formula is C11H17BrN2O4S2. The monoisotopic (exact) mass is 384 g/mol. The Kier molecular flexibility index (Phi) is 5.99. The number of benzene rings is 1. The third-order valence-electron chi connectivity index (χ3n) is 2.41. The van der Waals surface area contributed by atoms with E-state index in [1.54, 1.807) is 6.92 Å². The summed E-state index contributed by atoms with van der Waals surface area (Å²) in [6, 6.07) is 2.35. The molecule has 0 saturated heterocycles. The van der Waals surface area contributed by atoms with Gasteiger partial charge < -0.3 is 10.5 Å². The van der Waals surface area contributed by atoms with Gasteiger partial charge in [-0.05, 0) is 35.0 Å². The van der Waals surface area contributed by atoms with E-state index in [-0.39, 0.29) is 22.1 Å². The Morgan fingerprint density at radius 2 is 2.10 bits per heavy atom.